The standard InChI is InChI=1S/C14H17N/c1-15-9-13-7-12(8-14(13)10-15)11-5-3-2-4-6-11/h2-7,13-14H,8-10H2,1H3. The topological polar surface area (TPSA) is 3.24 Å². The first-order valence-electron chi connectivity index (χ1n) is 5.77. The number of allylic oxidation sites excluding steroid dienone is 1. The Morgan fingerprint density at radius 3 is 2.67 bits per heavy atom. The number of likely N-dealkylation sites (tertiary alicyclic amines) is 1. The number of hydrogen-bond acceptors (Lipinski definition) is 1. The molecule has 0 amide bonds. The van der Waals surface area contributed by atoms with Gasteiger partial charge < -0.3 is 4.90 Å². The van der Waals surface area contributed by atoms with E-state index in [9.17, 15) is 0 Å². The van der Waals surface area contributed by atoms with Gasteiger partial charge in [-0.3, -0.25) is 0 Å². The van der Waals surface area contributed by atoms with Gasteiger partial charge in [0, 0.05) is 13.1 Å². The third-order valence-corrected chi connectivity index (χ3v) is 3.72. The number of fused-ring (bicyclic) bond motifs is 1. The van der Waals surface area contributed by atoms with Gasteiger partial charge >= 0.3 is 0 Å². The minimum atomic E-state index is 0.810. The van der Waals surface area contributed by atoms with Gasteiger partial charge in [-0.05, 0) is 36.4 Å². The molecule has 0 aromatic heterocycles. The summed E-state index contributed by atoms with van der Waals surface area (Å²) >= 11 is 0. The highest BCUT2D eigenvalue weighted by atomic mass is 15.1. The highest BCUT2D eigenvalue weighted by Crippen LogP contribution is 2.40. The Balaban J connectivity index is 1.84. The van der Waals surface area contributed by atoms with Crippen LogP contribution in [0, 0.1) is 11.8 Å². The van der Waals surface area contributed by atoms with E-state index in [4.69, 9.17) is 0 Å². The van der Waals surface area contributed by atoms with Gasteiger partial charge in [-0.15, -0.1) is 0 Å². The number of hydrogen-bond donors (Lipinski definition) is 0. The van der Waals surface area contributed by atoms with E-state index in [1.807, 2.05) is 0 Å². The number of benzene rings is 1. The lowest BCUT2D eigenvalue weighted by atomic mass is 9.98. The first-order valence-corrected chi connectivity index (χ1v) is 5.77. The van der Waals surface area contributed by atoms with Crippen molar-refractivity contribution < 1.29 is 0 Å². The molecule has 78 valence electrons. The van der Waals surface area contributed by atoms with Gasteiger partial charge in [0.25, 0.3) is 0 Å². The molecule has 1 heterocycles. The van der Waals surface area contributed by atoms with Crippen LogP contribution in [0.4, 0.5) is 0 Å². The summed E-state index contributed by atoms with van der Waals surface area (Å²) in [4.78, 5) is 2.45. The van der Waals surface area contributed by atoms with E-state index < -0.39 is 0 Å². The van der Waals surface area contributed by atoms with E-state index in [2.05, 4.69) is 48.4 Å². The Labute approximate surface area is 91.4 Å². The van der Waals surface area contributed by atoms with Crippen molar-refractivity contribution in [3.8, 4) is 0 Å². The molecule has 1 saturated heterocycles. The fourth-order valence-electron chi connectivity index (χ4n) is 3.00. The van der Waals surface area contributed by atoms with Crippen LogP contribution in [0.25, 0.3) is 5.57 Å². The summed E-state index contributed by atoms with van der Waals surface area (Å²) in [6.07, 6.45) is 3.78. The molecule has 1 nitrogen and oxygen atoms in total. The Hall–Kier alpha value is -1.08. The molecule has 1 heteroatoms. The highest BCUT2D eigenvalue weighted by molar-refractivity contribution is 5.68. The monoisotopic (exact) mass is 199 g/mol. The van der Waals surface area contributed by atoms with Crippen molar-refractivity contribution in [1.29, 1.82) is 0 Å². The van der Waals surface area contributed by atoms with Crippen LogP contribution >= 0.6 is 0 Å². The zero-order chi connectivity index (χ0) is 10.3. The molecule has 1 aromatic rings. The Bertz CT molecular complexity index is 380. The predicted octanol–water partition coefficient (Wildman–Crippen LogP) is 2.65. The van der Waals surface area contributed by atoms with Crippen LogP contribution in [0.1, 0.15) is 12.0 Å². The summed E-state index contributed by atoms with van der Waals surface area (Å²) in [6, 6.07) is 10.8. The predicted molar refractivity (Wildman–Crippen MR) is 63.5 cm³/mol. The van der Waals surface area contributed by atoms with Crippen LogP contribution in [0.3, 0.4) is 0 Å². The van der Waals surface area contributed by atoms with E-state index in [0.717, 1.165) is 11.8 Å². The molecule has 0 spiro atoms. The first-order chi connectivity index (χ1) is 7.33. The molecule has 15 heavy (non-hydrogen) atoms. The third-order valence-electron chi connectivity index (χ3n) is 3.72. The fourth-order valence-corrected chi connectivity index (χ4v) is 3.00. The molecular formula is C14H17N. The zero-order valence-electron chi connectivity index (χ0n) is 9.19. The van der Waals surface area contributed by atoms with Crippen molar-refractivity contribution in [1.82, 2.24) is 4.90 Å². The minimum Gasteiger partial charge on any atom is -0.305 e. The van der Waals surface area contributed by atoms with Crippen molar-refractivity contribution in [3.05, 3.63) is 42.0 Å². The lowest BCUT2D eigenvalue weighted by molar-refractivity contribution is 0.395. The molecule has 2 atom stereocenters. The maximum atomic E-state index is 2.50. The quantitative estimate of drug-likeness (QED) is 0.672. The molecule has 1 aromatic carbocycles. The average molecular weight is 199 g/mol. The highest BCUT2D eigenvalue weighted by Gasteiger charge is 2.34. The van der Waals surface area contributed by atoms with Crippen LogP contribution in [0.5, 0.6) is 0 Å². The van der Waals surface area contributed by atoms with Crippen LogP contribution in [-0.4, -0.2) is 25.0 Å². The molecular weight excluding hydrogens is 182 g/mol. The lowest BCUT2D eigenvalue weighted by Crippen LogP contribution is -2.14. The summed E-state index contributed by atoms with van der Waals surface area (Å²) in [5, 5.41) is 0. The van der Waals surface area contributed by atoms with E-state index >= 15 is 0 Å². The van der Waals surface area contributed by atoms with Crippen LogP contribution in [0.15, 0.2) is 36.4 Å². The van der Waals surface area contributed by atoms with Crippen molar-refractivity contribution in [2.75, 3.05) is 20.1 Å². The summed E-state index contributed by atoms with van der Waals surface area (Å²) in [7, 11) is 2.23. The normalized spacial score (nSPS) is 30.3. The Morgan fingerprint density at radius 2 is 1.93 bits per heavy atom. The van der Waals surface area contributed by atoms with Gasteiger partial charge in [0.1, 0.15) is 0 Å². The molecule has 0 saturated carbocycles. The van der Waals surface area contributed by atoms with Crippen molar-refractivity contribution in [2.24, 2.45) is 11.8 Å². The van der Waals surface area contributed by atoms with Crippen molar-refractivity contribution in [2.45, 2.75) is 6.42 Å². The molecule has 1 fully saturated rings. The first kappa shape index (κ1) is 9.17. The van der Waals surface area contributed by atoms with Crippen molar-refractivity contribution in [3.63, 3.8) is 0 Å². The SMILES string of the molecule is CN1CC2C=C(c3ccccc3)CC2C1. The van der Waals surface area contributed by atoms with Crippen LogP contribution < -0.4 is 0 Å². The fraction of sp³-hybridized carbons (Fsp3) is 0.429. The van der Waals surface area contributed by atoms with E-state index in [-0.39, 0.29) is 0 Å². The van der Waals surface area contributed by atoms with Gasteiger partial charge in [0.15, 0.2) is 0 Å². The van der Waals surface area contributed by atoms with Gasteiger partial charge in [0.2, 0.25) is 0 Å². The Morgan fingerprint density at radius 1 is 1.13 bits per heavy atom. The molecule has 1 aliphatic heterocycles. The second-order valence-corrected chi connectivity index (χ2v) is 4.91. The summed E-state index contributed by atoms with van der Waals surface area (Å²) in [5.41, 5.74) is 2.99. The maximum absolute atomic E-state index is 2.50. The molecule has 3 rings (SSSR count). The Kier molecular flexibility index (Phi) is 2.14. The number of nitrogens with zero attached hydrogens (tertiary/aromatic N) is 1. The molecule has 1 aliphatic carbocycles. The summed E-state index contributed by atoms with van der Waals surface area (Å²) in [5.74, 6) is 1.69. The van der Waals surface area contributed by atoms with Gasteiger partial charge in [-0.1, -0.05) is 36.4 Å². The average Bonchev–Trinajstić information content (AvgIpc) is 2.76. The minimum absolute atomic E-state index is 0.810. The zero-order valence-corrected chi connectivity index (χ0v) is 9.19. The van der Waals surface area contributed by atoms with Crippen LogP contribution in [-0.2, 0) is 0 Å². The van der Waals surface area contributed by atoms with Gasteiger partial charge in [0.05, 0.1) is 0 Å². The molecule has 2 aliphatic rings. The van der Waals surface area contributed by atoms with Crippen molar-refractivity contribution >= 4 is 5.57 Å². The molecule has 0 bridgehead atoms. The summed E-state index contributed by atoms with van der Waals surface area (Å²) < 4.78 is 0. The van der Waals surface area contributed by atoms with E-state index in [1.165, 1.54) is 25.1 Å². The number of rotatable bonds is 1. The van der Waals surface area contributed by atoms with E-state index in [1.54, 1.807) is 5.57 Å². The second-order valence-electron chi connectivity index (χ2n) is 4.91. The lowest BCUT2D eigenvalue weighted by Gasteiger charge is -2.09. The third kappa shape index (κ3) is 1.61. The second kappa shape index (κ2) is 3.49. The van der Waals surface area contributed by atoms with Gasteiger partial charge in [-0.2, -0.15) is 0 Å². The molecule has 0 radical (unpaired) electrons. The molecule has 2 unspecified atom stereocenters. The smallest absolute Gasteiger partial charge is 0.00449 e. The largest absolute Gasteiger partial charge is 0.305 e. The maximum Gasteiger partial charge on any atom is 0.00449 e. The summed E-state index contributed by atoms with van der Waals surface area (Å²) in [6.45, 7) is 2.53. The van der Waals surface area contributed by atoms with E-state index in [0.29, 0.717) is 0 Å². The van der Waals surface area contributed by atoms with Crippen LogP contribution in [0.2, 0.25) is 0 Å². The van der Waals surface area contributed by atoms with Gasteiger partial charge in [-0.25, -0.2) is 0 Å². The molecule has 0 N–H and O–H groups in total.